The van der Waals surface area contributed by atoms with Crippen LogP contribution in [0.1, 0.15) is 23.7 Å². The molecule has 0 saturated heterocycles. The first kappa shape index (κ1) is 19.9. The van der Waals surface area contributed by atoms with Crippen LogP contribution in [0.3, 0.4) is 0 Å². The Morgan fingerprint density at radius 2 is 1.93 bits per heavy atom. The number of carbonyl (C=O) groups excluding carboxylic acids is 1. The monoisotopic (exact) mass is 425 g/mol. The van der Waals surface area contributed by atoms with Crippen LogP contribution in [0.4, 0.5) is 5.69 Å². The number of carbonyl (C=O) groups is 2. The quantitative estimate of drug-likeness (QED) is 0.747. The van der Waals surface area contributed by atoms with E-state index in [1.165, 1.54) is 12.1 Å². The Kier molecular flexibility index (Phi) is 6.19. The molecule has 1 heterocycles. The minimum atomic E-state index is -1.14. The number of rotatable bonds is 4. The minimum Gasteiger partial charge on any atom is -0.481 e. The van der Waals surface area contributed by atoms with Crippen LogP contribution < -0.4 is 9.64 Å². The van der Waals surface area contributed by atoms with Crippen molar-refractivity contribution in [3.05, 3.63) is 52.0 Å². The van der Waals surface area contributed by atoms with E-state index in [0.717, 1.165) is 17.0 Å². The second-order valence-corrected chi connectivity index (χ2v) is 8.39. The molecule has 0 fully saturated rings. The summed E-state index contributed by atoms with van der Waals surface area (Å²) in [7, 11) is 0. The third kappa shape index (κ3) is 4.51. The minimum absolute atomic E-state index is 0.0452. The number of amides is 1. The number of benzene rings is 2. The van der Waals surface area contributed by atoms with E-state index in [1.54, 1.807) is 16.7 Å². The second-order valence-electron chi connectivity index (χ2n) is 6.09. The van der Waals surface area contributed by atoms with E-state index in [2.05, 4.69) is 6.92 Å². The van der Waals surface area contributed by atoms with Crippen molar-refractivity contribution in [3.8, 4) is 5.75 Å². The normalized spacial score (nSPS) is 16.4. The number of carboxylic acid groups (broad SMARTS) is 1. The Balaban J connectivity index is 1.78. The number of hydrogen-bond donors (Lipinski definition) is 1. The van der Waals surface area contributed by atoms with Crippen LogP contribution in [0.5, 0.6) is 5.75 Å². The highest BCUT2D eigenvalue weighted by Crippen LogP contribution is 2.38. The molecule has 0 bridgehead atoms. The molecule has 1 aliphatic rings. The number of nitrogens with zero attached hydrogens (tertiary/aromatic N) is 1. The molecule has 1 atom stereocenters. The maximum atomic E-state index is 12.8. The van der Waals surface area contributed by atoms with Gasteiger partial charge in [0.2, 0.25) is 0 Å². The first-order chi connectivity index (χ1) is 12.9. The van der Waals surface area contributed by atoms with Crippen molar-refractivity contribution in [3.63, 3.8) is 0 Å². The van der Waals surface area contributed by atoms with Crippen molar-refractivity contribution in [2.45, 2.75) is 23.5 Å². The summed E-state index contributed by atoms with van der Waals surface area (Å²) >= 11 is 13.9. The van der Waals surface area contributed by atoms with Gasteiger partial charge in [-0.25, -0.2) is 4.79 Å². The lowest BCUT2D eigenvalue weighted by Crippen LogP contribution is -2.36. The van der Waals surface area contributed by atoms with Gasteiger partial charge in [0.05, 0.1) is 21.3 Å². The molecule has 0 unspecified atom stereocenters. The molecule has 0 aromatic heterocycles. The first-order valence-corrected chi connectivity index (χ1v) is 9.91. The zero-order valence-corrected chi connectivity index (χ0v) is 16.8. The van der Waals surface area contributed by atoms with Crippen LogP contribution in [-0.4, -0.2) is 35.4 Å². The average molecular weight is 426 g/mol. The Bertz CT molecular complexity index is 867. The molecule has 2 aromatic carbocycles. The fraction of sp³-hybridized carbons (Fsp3) is 0.263. The van der Waals surface area contributed by atoms with E-state index in [0.29, 0.717) is 11.8 Å². The molecule has 8 heteroatoms. The molecule has 2 aromatic rings. The summed E-state index contributed by atoms with van der Waals surface area (Å²) in [4.78, 5) is 26.6. The number of aromatic carboxylic acids is 1. The molecular formula is C19H17Cl2NO4S. The van der Waals surface area contributed by atoms with Crippen molar-refractivity contribution >= 4 is 52.5 Å². The Morgan fingerprint density at radius 3 is 2.59 bits per heavy atom. The second kappa shape index (κ2) is 8.42. The number of hydrogen-bond acceptors (Lipinski definition) is 4. The van der Waals surface area contributed by atoms with Gasteiger partial charge >= 0.3 is 5.97 Å². The SMILES string of the molecule is C[C@H]1CCN(C(=O)COc2c(Cl)cc(C(=O)O)cc2Cl)c2ccccc2S1. The van der Waals surface area contributed by atoms with Crippen molar-refractivity contribution < 1.29 is 19.4 Å². The van der Waals surface area contributed by atoms with Gasteiger partial charge in [-0.15, -0.1) is 11.8 Å². The van der Waals surface area contributed by atoms with Crippen molar-refractivity contribution in [2.75, 3.05) is 18.1 Å². The molecule has 1 aliphatic heterocycles. The van der Waals surface area contributed by atoms with Crippen LogP contribution in [-0.2, 0) is 4.79 Å². The highest BCUT2D eigenvalue weighted by Gasteiger charge is 2.25. The number of halogens is 2. The Labute approximate surface area is 171 Å². The lowest BCUT2D eigenvalue weighted by molar-refractivity contribution is -0.120. The van der Waals surface area contributed by atoms with Gasteiger partial charge in [0, 0.05) is 16.7 Å². The number of fused-ring (bicyclic) bond motifs is 1. The molecule has 142 valence electrons. The van der Waals surface area contributed by atoms with Crippen molar-refractivity contribution in [1.29, 1.82) is 0 Å². The fourth-order valence-electron chi connectivity index (χ4n) is 2.78. The molecule has 0 radical (unpaired) electrons. The van der Waals surface area contributed by atoms with Gasteiger partial charge in [-0.05, 0) is 30.7 Å². The number of carboxylic acids is 1. The van der Waals surface area contributed by atoms with Crippen molar-refractivity contribution in [1.82, 2.24) is 0 Å². The summed E-state index contributed by atoms with van der Waals surface area (Å²) in [6.45, 7) is 2.47. The summed E-state index contributed by atoms with van der Waals surface area (Å²) in [6, 6.07) is 10.3. The number of thioether (sulfide) groups is 1. The Morgan fingerprint density at radius 1 is 1.26 bits per heavy atom. The van der Waals surface area contributed by atoms with Gasteiger partial charge in [-0.3, -0.25) is 4.79 Å². The Hall–Kier alpha value is -1.89. The van der Waals surface area contributed by atoms with E-state index in [-0.39, 0.29) is 33.9 Å². The molecule has 0 aliphatic carbocycles. The fourth-order valence-corrected chi connectivity index (χ4v) is 4.49. The van der Waals surface area contributed by atoms with Crippen LogP contribution in [0, 0.1) is 0 Å². The summed E-state index contributed by atoms with van der Waals surface area (Å²) in [6.07, 6.45) is 0.861. The summed E-state index contributed by atoms with van der Waals surface area (Å²) in [5.41, 5.74) is 0.815. The van der Waals surface area contributed by atoms with E-state index in [4.69, 9.17) is 33.0 Å². The predicted molar refractivity (Wildman–Crippen MR) is 108 cm³/mol. The highest BCUT2D eigenvalue weighted by molar-refractivity contribution is 8.00. The standard InChI is InChI=1S/C19H17Cl2NO4S/c1-11-6-7-22(15-4-2-3-5-16(15)27-11)17(23)10-26-18-13(20)8-12(19(24)25)9-14(18)21/h2-5,8-9,11H,6-7,10H2,1H3,(H,24,25)/t11-/m0/s1. The molecule has 1 amide bonds. The van der Waals surface area contributed by atoms with Gasteiger partial charge in [-0.2, -0.15) is 0 Å². The molecule has 1 N–H and O–H groups in total. The van der Waals surface area contributed by atoms with Crippen LogP contribution >= 0.6 is 35.0 Å². The van der Waals surface area contributed by atoms with Gasteiger partial charge < -0.3 is 14.7 Å². The number of anilines is 1. The van der Waals surface area contributed by atoms with E-state index in [1.807, 2.05) is 24.3 Å². The average Bonchev–Trinajstić information content (AvgIpc) is 2.78. The lowest BCUT2D eigenvalue weighted by Gasteiger charge is -2.23. The molecule has 27 heavy (non-hydrogen) atoms. The van der Waals surface area contributed by atoms with Gasteiger partial charge in [0.15, 0.2) is 12.4 Å². The number of para-hydroxylation sites is 1. The van der Waals surface area contributed by atoms with E-state index >= 15 is 0 Å². The third-order valence-electron chi connectivity index (χ3n) is 4.13. The molecule has 0 spiro atoms. The number of ether oxygens (including phenoxy) is 1. The zero-order valence-electron chi connectivity index (χ0n) is 14.4. The lowest BCUT2D eigenvalue weighted by atomic mass is 10.2. The van der Waals surface area contributed by atoms with Crippen LogP contribution in [0.25, 0.3) is 0 Å². The molecule has 3 rings (SSSR count). The summed E-state index contributed by atoms with van der Waals surface area (Å²) in [5.74, 6) is -1.26. The molecular weight excluding hydrogens is 409 g/mol. The van der Waals surface area contributed by atoms with E-state index in [9.17, 15) is 9.59 Å². The molecule has 0 saturated carbocycles. The van der Waals surface area contributed by atoms with Gasteiger partial charge in [0.1, 0.15) is 0 Å². The largest absolute Gasteiger partial charge is 0.481 e. The van der Waals surface area contributed by atoms with Gasteiger partial charge in [0.25, 0.3) is 5.91 Å². The third-order valence-corrected chi connectivity index (χ3v) is 5.93. The first-order valence-electron chi connectivity index (χ1n) is 8.28. The topological polar surface area (TPSA) is 66.8 Å². The molecule has 5 nitrogen and oxygen atoms in total. The van der Waals surface area contributed by atoms with Crippen molar-refractivity contribution in [2.24, 2.45) is 0 Å². The predicted octanol–water partition coefficient (Wildman–Crippen LogP) is 4.99. The summed E-state index contributed by atoms with van der Waals surface area (Å²) < 4.78 is 5.55. The van der Waals surface area contributed by atoms with E-state index < -0.39 is 5.97 Å². The van der Waals surface area contributed by atoms with Crippen LogP contribution in [0.15, 0.2) is 41.3 Å². The van der Waals surface area contributed by atoms with Crippen LogP contribution in [0.2, 0.25) is 10.0 Å². The summed E-state index contributed by atoms with van der Waals surface area (Å²) in [5, 5.41) is 9.53. The zero-order chi connectivity index (χ0) is 19.6. The maximum Gasteiger partial charge on any atom is 0.335 e. The smallest absolute Gasteiger partial charge is 0.335 e. The highest BCUT2D eigenvalue weighted by atomic mass is 35.5. The van der Waals surface area contributed by atoms with Gasteiger partial charge in [-0.1, -0.05) is 42.3 Å². The maximum absolute atomic E-state index is 12.8.